The molecule has 0 aliphatic heterocycles. The number of rotatable bonds is 3. The number of hydrogen-bond acceptors (Lipinski definition) is 3. The number of carbonyl (C=O) groups is 1. The summed E-state index contributed by atoms with van der Waals surface area (Å²) in [5.74, 6) is -1.38. The first-order valence-electron chi connectivity index (χ1n) is 5.38. The second-order valence-corrected chi connectivity index (χ2v) is 5.62. The second-order valence-electron chi connectivity index (χ2n) is 4.00. The molecule has 0 amide bonds. The molecule has 2 rings (SSSR count). The van der Waals surface area contributed by atoms with Crippen molar-refractivity contribution in [2.45, 2.75) is 6.42 Å². The fourth-order valence-corrected chi connectivity index (χ4v) is 2.85. The van der Waals surface area contributed by atoms with E-state index in [1.165, 1.54) is 6.07 Å². The molecule has 1 aromatic carbocycles. The van der Waals surface area contributed by atoms with Crippen LogP contribution in [0.2, 0.25) is 20.4 Å². The Morgan fingerprint density at radius 3 is 2.20 bits per heavy atom. The van der Waals surface area contributed by atoms with Crippen molar-refractivity contribution in [1.82, 2.24) is 4.98 Å². The standard InChI is InChI=1S/C13H7Cl4NO2/c14-7-1-6(2-8(15)4-7)3-9-10(13(19)20)5-11(16)18-12(9)17/h1-2,4-5H,3H2,(H,19,20)/p-1. The van der Waals surface area contributed by atoms with Gasteiger partial charge in [-0.3, -0.25) is 0 Å². The predicted molar refractivity (Wildman–Crippen MR) is 77.9 cm³/mol. The van der Waals surface area contributed by atoms with Gasteiger partial charge in [-0.05, 0) is 29.8 Å². The summed E-state index contributed by atoms with van der Waals surface area (Å²) >= 11 is 23.4. The third-order valence-electron chi connectivity index (χ3n) is 2.57. The van der Waals surface area contributed by atoms with Gasteiger partial charge in [-0.15, -0.1) is 0 Å². The topological polar surface area (TPSA) is 53.0 Å². The van der Waals surface area contributed by atoms with E-state index in [0.717, 1.165) is 0 Å². The highest BCUT2D eigenvalue weighted by molar-refractivity contribution is 6.35. The number of carboxylic acids is 1. The lowest BCUT2D eigenvalue weighted by molar-refractivity contribution is -0.255. The summed E-state index contributed by atoms with van der Waals surface area (Å²) in [7, 11) is 0. The lowest BCUT2D eigenvalue weighted by Gasteiger charge is -2.13. The molecular formula is C13H6Cl4NO2-. The lowest BCUT2D eigenvalue weighted by Crippen LogP contribution is -2.24. The van der Waals surface area contributed by atoms with Crippen LogP contribution in [-0.2, 0) is 6.42 Å². The highest BCUT2D eigenvalue weighted by Crippen LogP contribution is 2.27. The SMILES string of the molecule is O=C([O-])c1cc(Cl)nc(Cl)c1Cc1cc(Cl)cc(Cl)c1. The number of carboxylic acid groups (broad SMARTS) is 1. The van der Waals surface area contributed by atoms with E-state index in [2.05, 4.69) is 4.98 Å². The van der Waals surface area contributed by atoms with E-state index in [1.54, 1.807) is 18.2 Å². The molecule has 0 fully saturated rings. The van der Waals surface area contributed by atoms with Crippen molar-refractivity contribution in [3.8, 4) is 0 Å². The molecule has 20 heavy (non-hydrogen) atoms. The Hall–Kier alpha value is -1.000. The summed E-state index contributed by atoms with van der Waals surface area (Å²) in [5, 5.41) is 12.0. The van der Waals surface area contributed by atoms with Gasteiger partial charge in [0.2, 0.25) is 0 Å². The van der Waals surface area contributed by atoms with Gasteiger partial charge in [0.25, 0.3) is 0 Å². The molecular weight excluding hydrogens is 344 g/mol. The van der Waals surface area contributed by atoms with Gasteiger partial charge in [0.1, 0.15) is 10.3 Å². The van der Waals surface area contributed by atoms with E-state index in [0.29, 0.717) is 21.2 Å². The third kappa shape index (κ3) is 3.55. The number of aromatic nitrogens is 1. The minimum absolute atomic E-state index is 0.00722. The summed E-state index contributed by atoms with van der Waals surface area (Å²) < 4.78 is 0. The number of halogens is 4. The highest BCUT2D eigenvalue weighted by atomic mass is 35.5. The molecule has 0 aliphatic rings. The monoisotopic (exact) mass is 348 g/mol. The van der Waals surface area contributed by atoms with Crippen LogP contribution in [0, 0.1) is 0 Å². The molecule has 0 aliphatic carbocycles. The van der Waals surface area contributed by atoms with Crippen molar-refractivity contribution >= 4 is 52.4 Å². The molecule has 0 spiro atoms. The first-order chi connectivity index (χ1) is 9.36. The van der Waals surface area contributed by atoms with Crippen LogP contribution in [-0.4, -0.2) is 11.0 Å². The number of benzene rings is 1. The summed E-state index contributed by atoms with van der Waals surface area (Å²) in [4.78, 5) is 15.0. The molecule has 104 valence electrons. The molecule has 0 saturated carbocycles. The van der Waals surface area contributed by atoms with Gasteiger partial charge in [-0.25, -0.2) is 4.98 Å². The van der Waals surface area contributed by atoms with Crippen LogP contribution in [0.3, 0.4) is 0 Å². The number of hydrogen-bond donors (Lipinski definition) is 0. The van der Waals surface area contributed by atoms with Gasteiger partial charge in [0, 0.05) is 27.6 Å². The number of carbonyl (C=O) groups excluding carboxylic acids is 1. The van der Waals surface area contributed by atoms with E-state index < -0.39 is 5.97 Å². The van der Waals surface area contributed by atoms with E-state index in [9.17, 15) is 9.90 Å². The molecule has 0 N–H and O–H groups in total. The van der Waals surface area contributed by atoms with Gasteiger partial charge < -0.3 is 9.90 Å². The molecule has 0 bridgehead atoms. The number of pyridine rings is 1. The second kappa shape index (κ2) is 6.19. The predicted octanol–water partition coefficient (Wildman–Crippen LogP) is 3.65. The Balaban J connectivity index is 2.50. The molecule has 7 heteroatoms. The normalized spacial score (nSPS) is 10.6. The van der Waals surface area contributed by atoms with E-state index >= 15 is 0 Å². The Kier molecular flexibility index (Phi) is 4.76. The van der Waals surface area contributed by atoms with Crippen molar-refractivity contribution in [3.63, 3.8) is 0 Å². The first-order valence-corrected chi connectivity index (χ1v) is 6.89. The minimum atomic E-state index is -1.38. The fourth-order valence-electron chi connectivity index (χ4n) is 1.78. The van der Waals surface area contributed by atoms with E-state index in [4.69, 9.17) is 46.4 Å². The van der Waals surface area contributed by atoms with Crippen LogP contribution in [0.15, 0.2) is 24.3 Å². The van der Waals surface area contributed by atoms with Crippen molar-refractivity contribution in [2.24, 2.45) is 0 Å². The Bertz CT molecular complexity index is 668. The van der Waals surface area contributed by atoms with Gasteiger partial charge in [-0.2, -0.15) is 0 Å². The Labute approximate surface area is 135 Å². The smallest absolute Gasteiger partial charge is 0.135 e. The van der Waals surface area contributed by atoms with Gasteiger partial charge >= 0.3 is 0 Å². The zero-order valence-electron chi connectivity index (χ0n) is 9.79. The largest absolute Gasteiger partial charge is 0.545 e. The van der Waals surface area contributed by atoms with Crippen molar-refractivity contribution in [3.05, 3.63) is 61.3 Å². The van der Waals surface area contributed by atoms with Crippen LogP contribution in [0.25, 0.3) is 0 Å². The van der Waals surface area contributed by atoms with Crippen LogP contribution in [0.4, 0.5) is 0 Å². The maximum absolute atomic E-state index is 11.1. The molecule has 2 aromatic rings. The zero-order chi connectivity index (χ0) is 14.9. The maximum Gasteiger partial charge on any atom is 0.135 e. The van der Waals surface area contributed by atoms with Gasteiger partial charge in [-0.1, -0.05) is 46.4 Å². The molecule has 1 aromatic heterocycles. The first kappa shape index (κ1) is 15.4. The summed E-state index contributed by atoms with van der Waals surface area (Å²) in [6, 6.07) is 6.10. The number of nitrogens with zero attached hydrogens (tertiary/aromatic N) is 1. The highest BCUT2D eigenvalue weighted by Gasteiger charge is 2.13. The summed E-state index contributed by atoms with van der Waals surface area (Å²) in [6.07, 6.45) is 0.201. The fraction of sp³-hybridized carbons (Fsp3) is 0.0769. The third-order valence-corrected chi connectivity index (χ3v) is 3.51. The molecule has 0 radical (unpaired) electrons. The van der Waals surface area contributed by atoms with E-state index in [-0.39, 0.29) is 22.3 Å². The van der Waals surface area contributed by atoms with Crippen LogP contribution < -0.4 is 5.11 Å². The number of aromatic carboxylic acids is 1. The quantitative estimate of drug-likeness (QED) is 0.795. The maximum atomic E-state index is 11.1. The van der Waals surface area contributed by atoms with Gasteiger partial charge in [0.05, 0.1) is 5.97 Å². The van der Waals surface area contributed by atoms with Crippen molar-refractivity contribution in [2.75, 3.05) is 0 Å². The van der Waals surface area contributed by atoms with Crippen LogP contribution >= 0.6 is 46.4 Å². The van der Waals surface area contributed by atoms with Gasteiger partial charge in [0.15, 0.2) is 0 Å². The van der Waals surface area contributed by atoms with E-state index in [1.807, 2.05) is 0 Å². The van der Waals surface area contributed by atoms with Crippen LogP contribution in [0.1, 0.15) is 21.5 Å². The Morgan fingerprint density at radius 1 is 1.05 bits per heavy atom. The summed E-state index contributed by atoms with van der Waals surface area (Å²) in [5.41, 5.74) is 0.900. The zero-order valence-corrected chi connectivity index (χ0v) is 12.8. The molecule has 1 heterocycles. The van der Waals surface area contributed by atoms with Crippen molar-refractivity contribution < 1.29 is 9.90 Å². The molecule has 0 atom stereocenters. The molecule has 0 saturated heterocycles. The van der Waals surface area contributed by atoms with Crippen molar-refractivity contribution in [1.29, 1.82) is 0 Å². The lowest BCUT2D eigenvalue weighted by atomic mass is 10.0. The summed E-state index contributed by atoms with van der Waals surface area (Å²) in [6.45, 7) is 0. The Morgan fingerprint density at radius 2 is 1.65 bits per heavy atom. The molecule has 3 nitrogen and oxygen atoms in total. The average Bonchev–Trinajstić information content (AvgIpc) is 2.30. The average molecular weight is 350 g/mol. The molecule has 0 unspecified atom stereocenters. The minimum Gasteiger partial charge on any atom is -0.545 e. The van der Waals surface area contributed by atoms with Crippen LogP contribution in [0.5, 0.6) is 0 Å².